The first-order valence-electron chi connectivity index (χ1n) is 6.78. The van der Waals surface area contributed by atoms with Crippen LogP contribution < -0.4 is 4.90 Å². The molecule has 0 bridgehead atoms. The van der Waals surface area contributed by atoms with Crippen molar-refractivity contribution in [3.05, 3.63) is 58.6 Å². The molecule has 0 saturated carbocycles. The first-order chi connectivity index (χ1) is 10.7. The highest BCUT2D eigenvalue weighted by atomic mass is 79.9. The lowest BCUT2D eigenvalue weighted by Crippen LogP contribution is -2.27. The lowest BCUT2D eigenvalue weighted by molar-refractivity contribution is -0.115. The summed E-state index contributed by atoms with van der Waals surface area (Å²) < 4.78 is 2.13. The number of carbonyl (C=O) groups is 1. The largest absolute Gasteiger partial charge is 0.273 e. The summed E-state index contributed by atoms with van der Waals surface area (Å²) >= 11 is 6.80. The van der Waals surface area contributed by atoms with Gasteiger partial charge in [0.2, 0.25) is 5.91 Å². The van der Waals surface area contributed by atoms with Crippen LogP contribution in [0.2, 0.25) is 0 Å². The molecule has 1 atom stereocenters. The van der Waals surface area contributed by atoms with E-state index in [0.29, 0.717) is 5.75 Å². The van der Waals surface area contributed by atoms with E-state index in [1.807, 2.05) is 47.4 Å². The summed E-state index contributed by atoms with van der Waals surface area (Å²) in [6.45, 7) is 0. The molecule has 0 N–H and O–H groups in total. The van der Waals surface area contributed by atoms with E-state index >= 15 is 0 Å². The number of fused-ring (bicyclic) bond motifs is 1. The smallest absolute Gasteiger partial charge is 0.240 e. The van der Waals surface area contributed by atoms with Crippen LogP contribution in [0, 0.1) is 0 Å². The van der Waals surface area contributed by atoms with Crippen LogP contribution in [0.1, 0.15) is 10.9 Å². The van der Waals surface area contributed by atoms with Crippen molar-refractivity contribution in [2.24, 2.45) is 0 Å². The second-order valence-electron chi connectivity index (χ2n) is 4.91. The summed E-state index contributed by atoms with van der Waals surface area (Å²) in [6, 6.07) is 16.0. The maximum atomic E-state index is 12.4. The Hall–Kier alpha value is -1.37. The third-order valence-electron chi connectivity index (χ3n) is 3.53. The van der Waals surface area contributed by atoms with E-state index in [0.717, 1.165) is 25.4 Å². The van der Waals surface area contributed by atoms with Gasteiger partial charge in [0.25, 0.3) is 0 Å². The van der Waals surface area contributed by atoms with Gasteiger partial charge >= 0.3 is 0 Å². The van der Waals surface area contributed by atoms with Gasteiger partial charge < -0.3 is 0 Å². The summed E-state index contributed by atoms with van der Waals surface area (Å²) in [6.07, 6.45) is 0. The number of carbonyl (C=O) groups excluding carboxylic acids is 1. The molecule has 0 spiro atoms. The molecular weight excluding hydrogens is 380 g/mol. The van der Waals surface area contributed by atoms with Crippen molar-refractivity contribution in [2.45, 2.75) is 5.37 Å². The number of anilines is 1. The number of thiazole rings is 1. The van der Waals surface area contributed by atoms with Gasteiger partial charge in [0.05, 0.1) is 16.0 Å². The Labute approximate surface area is 144 Å². The zero-order chi connectivity index (χ0) is 15.1. The number of aromatic nitrogens is 1. The zero-order valence-corrected chi connectivity index (χ0v) is 14.6. The molecule has 1 aromatic heterocycles. The lowest BCUT2D eigenvalue weighted by Gasteiger charge is -2.22. The predicted octanol–water partition coefficient (Wildman–Crippen LogP) is 4.84. The van der Waals surface area contributed by atoms with Gasteiger partial charge in [-0.3, -0.25) is 9.69 Å². The van der Waals surface area contributed by atoms with Gasteiger partial charge in [0, 0.05) is 4.47 Å². The Balaban J connectivity index is 1.80. The van der Waals surface area contributed by atoms with Crippen LogP contribution in [0.25, 0.3) is 10.2 Å². The van der Waals surface area contributed by atoms with E-state index in [9.17, 15) is 4.79 Å². The minimum absolute atomic E-state index is 0.0244. The number of amides is 1. The van der Waals surface area contributed by atoms with Crippen molar-refractivity contribution in [3.63, 3.8) is 0 Å². The number of nitrogens with zero attached hydrogens (tertiary/aromatic N) is 2. The molecule has 6 heteroatoms. The number of hydrogen-bond donors (Lipinski definition) is 0. The Kier molecular flexibility index (Phi) is 3.68. The van der Waals surface area contributed by atoms with Crippen LogP contribution >= 0.6 is 39.0 Å². The summed E-state index contributed by atoms with van der Waals surface area (Å²) in [4.78, 5) is 18.9. The molecule has 1 saturated heterocycles. The molecule has 1 fully saturated rings. The van der Waals surface area contributed by atoms with E-state index in [-0.39, 0.29) is 11.3 Å². The van der Waals surface area contributed by atoms with E-state index in [1.54, 1.807) is 23.1 Å². The lowest BCUT2D eigenvalue weighted by atomic mass is 10.2. The molecule has 3 aromatic rings. The van der Waals surface area contributed by atoms with Gasteiger partial charge in [-0.05, 0) is 23.8 Å². The van der Waals surface area contributed by atoms with E-state index in [4.69, 9.17) is 0 Å². The standard InChI is InChI=1S/C16H11BrN2OS2/c17-11-6-2-1-5-10(11)15-19(14(20)9-21-15)16-18-12-7-3-4-8-13(12)22-16/h1-8,15H,9H2. The average molecular weight is 391 g/mol. The number of para-hydroxylation sites is 1. The van der Waals surface area contributed by atoms with E-state index in [2.05, 4.69) is 27.0 Å². The third kappa shape index (κ3) is 2.35. The Morgan fingerprint density at radius 3 is 2.73 bits per heavy atom. The maximum absolute atomic E-state index is 12.4. The van der Waals surface area contributed by atoms with Gasteiger partial charge in [-0.1, -0.05) is 57.6 Å². The van der Waals surface area contributed by atoms with Crippen LogP contribution in [0.15, 0.2) is 53.0 Å². The number of thioether (sulfide) groups is 1. The molecule has 3 nitrogen and oxygen atoms in total. The molecule has 1 amide bonds. The molecule has 0 aliphatic carbocycles. The Morgan fingerprint density at radius 1 is 1.14 bits per heavy atom. The first kappa shape index (κ1) is 14.2. The van der Waals surface area contributed by atoms with Crippen LogP contribution in [0.5, 0.6) is 0 Å². The number of rotatable bonds is 2. The molecule has 1 aliphatic heterocycles. The molecule has 2 heterocycles. The predicted molar refractivity (Wildman–Crippen MR) is 96.4 cm³/mol. The number of benzene rings is 2. The molecule has 1 aliphatic rings. The Bertz CT molecular complexity index is 831. The fourth-order valence-corrected chi connectivity index (χ4v) is 5.42. The fraction of sp³-hybridized carbons (Fsp3) is 0.125. The maximum Gasteiger partial charge on any atom is 0.240 e. The Morgan fingerprint density at radius 2 is 1.91 bits per heavy atom. The van der Waals surface area contributed by atoms with Gasteiger partial charge in [0.1, 0.15) is 5.37 Å². The van der Waals surface area contributed by atoms with Crippen molar-refractivity contribution in [1.29, 1.82) is 0 Å². The highest BCUT2D eigenvalue weighted by Crippen LogP contribution is 2.45. The van der Waals surface area contributed by atoms with E-state index < -0.39 is 0 Å². The number of hydrogen-bond acceptors (Lipinski definition) is 4. The summed E-state index contributed by atoms with van der Waals surface area (Å²) in [7, 11) is 0. The van der Waals surface area contributed by atoms with Gasteiger partial charge in [-0.25, -0.2) is 4.98 Å². The summed E-state index contributed by atoms with van der Waals surface area (Å²) in [5.41, 5.74) is 2.05. The second kappa shape index (κ2) is 5.68. The highest BCUT2D eigenvalue weighted by molar-refractivity contribution is 9.10. The summed E-state index contributed by atoms with van der Waals surface area (Å²) in [5.74, 6) is 0.604. The van der Waals surface area contributed by atoms with Crippen molar-refractivity contribution in [3.8, 4) is 0 Å². The second-order valence-corrected chi connectivity index (χ2v) is 7.84. The van der Waals surface area contributed by atoms with Crippen molar-refractivity contribution >= 4 is 60.3 Å². The molecular formula is C16H11BrN2OS2. The SMILES string of the molecule is O=C1CSC(c2ccccc2Br)N1c1nc2ccccc2s1. The van der Waals surface area contributed by atoms with Crippen molar-refractivity contribution in [2.75, 3.05) is 10.7 Å². The van der Waals surface area contributed by atoms with Crippen LogP contribution in [-0.2, 0) is 4.79 Å². The monoisotopic (exact) mass is 390 g/mol. The molecule has 110 valence electrons. The number of halogens is 1. The zero-order valence-electron chi connectivity index (χ0n) is 11.4. The van der Waals surface area contributed by atoms with Crippen LogP contribution in [0.3, 0.4) is 0 Å². The minimum Gasteiger partial charge on any atom is -0.273 e. The van der Waals surface area contributed by atoms with Crippen molar-refractivity contribution in [1.82, 2.24) is 4.98 Å². The first-order valence-corrected chi connectivity index (χ1v) is 9.43. The van der Waals surface area contributed by atoms with Gasteiger partial charge in [-0.15, -0.1) is 11.8 Å². The van der Waals surface area contributed by atoms with Gasteiger partial charge in [-0.2, -0.15) is 0 Å². The minimum atomic E-state index is -0.0244. The van der Waals surface area contributed by atoms with Crippen LogP contribution in [0.4, 0.5) is 5.13 Å². The third-order valence-corrected chi connectivity index (χ3v) is 6.48. The molecule has 2 aromatic carbocycles. The molecule has 1 unspecified atom stereocenters. The normalized spacial score (nSPS) is 18.3. The quantitative estimate of drug-likeness (QED) is 0.627. The highest BCUT2D eigenvalue weighted by Gasteiger charge is 2.36. The molecule has 4 rings (SSSR count). The molecule has 22 heavy (non-hydrogen) atoms. The molecule has 0 radical (unpaired) electrons. The fourth-order valence-electron chi connectivity index (χ4n) is 2.50. The topological polar surface area (TPSA) is 33.2 Å². The van der Waals surface area contributed by atoms with Crippen LogP contribution in [-0.4, -0.2) is 16.6 Å². The van der Waals surface area contributed by atoms with Crippen molar-refractivity contribution < 1.29 is 4.79 Å². The average Bonchev–Trinajstić information content (AvgIpc) is 3.10. The van der Waals surface area contributed by atoms with E-state index in [1.165, 1.54) is 0 Å². The van der Waals surface area contributed by atoms with Gasteiger partial charge in [0.15, 0.2) is 5.13 Å². The summed E-state index contributed by atoms with van der Waals surface area (Å²) in [5, 5.41) is 0.751.